The Morgan fingerprint density at radius 2 is 1.73 bits per heavy atom. The molecule has 0 spiro atoms. The molecule has 1 fully saturated rings. The van der Waals surface area contributed by atoms with Crippen molar-refractivity contribution in [3.8, 4) is 5.75 Å². The number of aliphatic hydroxyl groups is 1. The lowest BCUT2D eigenvalue weighted by Crippen LogP contribution is -2.38. The highest BCUT2D eigenvalue weighted by atomic mass is 32.2. The van der Waals surface area contributed by atoms with Gasteiger partial charge in [-0.05, 0) is 47.2 Å². The maximum absolute atomic E-state index is 12.6. The molecule has 30 heavy (non-hydrogen) atoms. The molecule has 2 aromatic carbocycles. The molecule has 1 atom stereocenters. The number of hydrogen-bond acceptors (Lipinski definition) is 6. The Bertz CT molecular complexity index is 1010. The Balaban J connectivity index is 1.64. The van der Waals surface area contributed by atoms with Gasteiger partial charge >= 0.3 is 6.18 Å². The zero-order valence-corrected chi connectivity index (χ0v) is 15.9. The van der Waals surface area contributed by atoms with Gasteiger partial charge in [-0.2, -0.15) is 13.2 Å². The maximum atomic E-state index is 12.6. The number of halogens is 3. The molecule has 0 bridgehead atoms. The molecule has 0 saturated carbocycles. The summed E-state index contributed by atoms with van der Waals surface area (Å²) in [6, 6.07) is 8.13. The first-order chi connectivity index (χ1) is 14.0. The van der Waals surface area contributed by atoms with Gasteiger partial charge in [-0.25, -0.2) is 0 Å². The molecule has 2 aromatic rings. The molecule has 1 aliphatic rings. The molecule has 7 nitrogen and oxygen atoms in total. The van der Waals surface area contributed by atoms with Crippen molar-refractivity contribution in [1.29, 1.82) is 0 Å². The van der Waals surface area contributed by atoms with Crippen LogP contribution in [0.25, 0.3) is 0 Å². The number of alkyl halides is 3. The Kier molecular flexibility index (Phi) is 5.77. The second-order valence-corrected chi connectivity index (χ2v) is 7.78. The van der Waals surface area contributed by atoms with E-state index in [9.17, 15) is 37.8 Å². The van der Waals surface area contributed by atoms with Crippen LogP contribution in [0.1, 0.15) is 27.0 Å². The summed E-state index contributed by atoms with van der Waals surface area (Å²) in [4.78, 5) is 33.2. The molecule has 0 aliphatic carbocycles. The van der Waals surface area contributed by atoms with E-state index in [-0.39, 0.29) is 18.5 Å². The van der Waals surface area contributed by atoms with Gasteiger partial charge in [0.25, 0.3) is 17.1 Å². The van der Waals surface area contributed by atoms with Gasteiger partial charge < -0.3 is 15.5 Å². The summed E-state index contributed by atoms with van der Waals surface area (Å²) in [7, 11) is 0. The number of thioether (sulfide) groups is 1. The van der Waals surface area contributed by atoms with E-state index in [1.807, 2.05) is 5.32 Å². The standard InChI is InChI=1S/C19H15F3N2O5S/c20-19(21,22)12-4-1-10(2-5-12)9-23-15(26)13-6-3-11(7-14(13)25)8-18(29)16(27)24-17(28)30-18/h1-7,25,29H,8-9H2,(H,23,26)(H,24,27,28). The Hall–Kier alpha value is -3.05. The summed E-state index contributed by atoms with van der Waals surface area (Å²) < 4.78 is 37.7. The number of phenols is 1. The largest absolute Gasteiger partial charge is 0.507 e. The lowest BCUT2D eigenvalue weighted by molar-refractivity contribution is -0.137. The molecule has 11 heteroatoms. The predicted octanol–water partition coefficient (Wildman–Crippen LogP) is 2.56. The molecule has 158 valence electrons. The third kappa shape index (κ3) is 4.74. The molecule has 1 unspecified atom stereocenters. The highest BCUT2D eigenvalue weighted by molar-refractivity contribution is 8.15. The quantitative estimate of drug-likeness (QED) is 0.568. The van der Waals surface area contributed by atoms with Crippen LogP contribution < -0.4 is 10.6 Å². The van der Waals surface area contributed by atoms with E-state index >= 15 is 0 Å². The smallest absolute Gasteiger partial charge is 0.416 e. The molecule has 4 N–H and O–H groups in total. The summed E-state index contributed by atoms with van der Waals surface area (Å²) in [5.41, 5.74) is -0.157. The average Bonchev–Trinajstić information content (AvgIpc) is 2.90. The molecule has 3 amide bonds. The third-order valence-electron chi connectivity index (χ3n) is 4.32. The van der Waals surface area contributed by atoms with Crippen molar-refractivity contribution in [1.82, 2.24) is 10.6 Å². The van der Waals surface area contributed by atoms with E-state index in [2.05, 4.69) is 5.32 Å². The van der Waals surface area contributed by atoms with E-state index in [1.165, 1.54) is 30.3 Å². The van der Waals surface area contributed by atoms with Crippen LogP contribution in [0.3, 0.4) is 0 Å². The molecule has 0 radical (unpaired) electrons. The number of rotatable bonds is 5. The van der Waals surface area contributed by atoms with E-state index in [0.717, 1.165) is 12.1 Å². The molecule has 3 rings (SSSR count). The second kappa shape index (κ2) is 8.00. The van der Waals surface area contributed by atoms with Crippen LogP contribution >= 0.6 is 11.8 Å². The Morgan fingerprint density at radius 1 is 1.10 bits per heavy atom. The van der Waals surface area contributed by atoms with Crippen molar-refractivity contribution in [2.75, 3.05) is 0 Å². The van der Waals surface area contributed by atoms with Gasteiger partial charge in [-0.1, -0.05) is 18.2 Å². The first-order valence-corrected chi connectivity index (χ1v) is 9.32. The van der Waals surface area contributed by atoms with Crippen LogP contribution in [-0.4, -0.2) is 32.2 Å². The first kappa shape index (κ1) is 21.7. The number of carbonyl (C=O) groups is 3. The molecule has 1 saturated heterocycles. The summed E-state index contributed by atoms with van der Waals surface area (Å²) in [6.45, 7) is -0.0587. The number of hydrogen-bond donors (Lipinski definition) is 4. The monoisotopic (exact) mass is 440 g/mol. The van der Waals surface area contributed by atoms with Crippen molar-refractivity contribution in [2.45, 2.75) is 24.1 Å². The van der Waals surface area contributed by atoms with Crippen molar-refractivity contribution >= 4 is 28.8 Å². The first-order valence-electron chi connectivity index (χ1n) is 8.51. The van der Waals surface area contributed by atoms with E-state index in [1.54, 1.807) is 0 Å². The average molecular weight is 440 g/mol. The van der Waals surface area contributed by atoms with Crippen LogP contribution in [0.2, 0.25) is 0 Å². The van der Waals surface area contributed by atoms with Gasteiger partial charge in [0, 0.05) is 13.0 Å². The lowest BCUT2D eigenvalue weighted by Gasteiger charge is -2.17. The number of aromatic hydroxyl groups is 1. The van der Waals surface area contributed by atoms with E-state index in [4.69, 9.17) is 0 Å². The summed E-state index contributed by atoms with van der Waals surface area (Å²) in [5.74, 6) is -1.95. The fraction of sp³-hybridized carbons (Fsp3) is 0.211. The lowest BCUT2D eigenvalue weighted by atomic mass is 10.0. The van der Waals surface area contributed by atoms with Gasteiger partial charge in [-0.15, -0.1) is 0 Å². The number of imide groups is 1. The molecular weight excluding hydrogens is 425 g/mol. The van der Waals surface area contributed by atoms with Crippen molar-refractivity contribution in [3.63, 3.8) is 0 Å². The van der Waals surface area contributed by atoms with Gasteiger partial charge in [0.05, 0.1) is 11.1 Å². The minimum Gasteiger partial charge on any atom is -0.507 e. The van der Waals surface area contributed by atoms with Crippen LogP contribution in [0.5, 0.6) is 5.75 Å². The number of benzene rings is 2. The summed E-state index contributed by atoms with van der Waals surface area (Å²) in [6.07, 6.45) is -4.72. The molecule has 0 aromatic heterocycles. The van der Waals surface area contributed by atoms with Crippen molar-refractivity contribution < 1.29 is 37.8 Å². The van der Waals surface area contributed by atoms with E-state index < -0.39 is 39.5 Å². The number of phenolic OH excluding ortho intramolecular Hbond substituents is 1. The molecule has 1 heterocycles. The molecular formula is C19H15F3N2O5S. The van der Waals surface area contributed by atoms with Crippen molar-refractivity contribution in [2.24, 2.45) is 0 Å². The zero-order valence-electron chi connectivity index (χ0n) is 15.1. The second-order valence-electron chi connectivity index (χ2n) is 6.53. The summed E-state index contributed by atoms with van der Waals surface area (Å²) >= 11 is 0.420. The summed E-state index contributed by atoms with van der Waals surface area (Å²) in [5, 5.41) is 24.1. The number of nitrogens with one attached hydrogen (secondary N) is 2. The number of amides is 3. The Labute approximate surface area is 172 Å². The van der Waals surface area contributed by atoms with Crippen LogP contribution in [0, 0.1) is 0 Å². The van der Waals surface area contributed by atoms with Gasteiger partial charge in [-0.3, -0.25) is 19.7 Å². The van der Waals surface area contributed by atoms with E-state index in [0.29, 0.717) is 22.9 Å². The topological polar surface area (TPSA) is 116 Å². The fourth-order valence-corrected chi connectivity index (χ4v) is 3.61. The third-order valence-corrected chi connectivity index (χ3v) is 5.27. The normalized spacial score (nSPS) is 18.9. The van der Waals surface area contributed by atoms with Gasteiger partial charge in [0.2, 0.25) is 4.93 Å². The molecule has 1 aliphatic heterocycles. The van der Waals surface area contributed by atoms with Crippen LogP contribution in [0.4, 0.5) is 18.0 Å². The van der Waals surface area contributed by atoms with Gasteiger partial charge in [0.15, 0.2) is 0 Å². The fourth-order valence-electron chi connectivity index (χ4n) is 2.78. The van der Waals surface area contributed by atoms with Crippen molar-refractivity contribution in [3.05, 3.63) is 64.7 Å². The predicted molar refractivity (Wildman–Crippen MR) is 101 cm³/mol. The van der Waals surface area contributed by atoms with Crippen LogP contribution in [0.15, 0.2) is 42.5 Å². The number of carbonyl (C=O) groups excluding carboxylic acids is 3. The van der Waals surface area contributed by atoms with Crippen LogP contribution in [-0.2, 0) is 23.9 Å². The van der Waals surface area contributed by atoms with Gasteiger partial charge in [0.1, 0.15) is 5.75 Å². The SMILES string of the molecule is O=C1NC(=O)C(O)(Cc2ccc(C(=O)NCc3ccc(C(F)(F)F)cc3)c(O)c2)S1. The Morgan fingerprint density at radius 3 is 2.27 bits per heavy atom. The maximum Gasteiger partial charge on any atom is 0.416 e. The highest BCUT2D eigenvalue weighted by Crippen LogP contribution is 2.33. The minimum absolute atomic E-state index is 0.0587. The highest BCUT2D eigenvalue weighted by Gasteiger charge is 2.46. The minimum atomic E-state index is -4.45. The zero-order chi connectivity index (χ0) is 22.1.